The van der Waals surface area contributed by atoms with Gasteiger partial charge in [0.15, 0.2) is 11.6 Å². The van der Waals surface area contributed by atoms with Crippen molar-refractivity contribution < 1.29 is 0 Å². The summed E-state index contributed by atoms with van der Waals surface area (Å²) in [4.78, 5) is 27.7. The van der Waals surface area contributed by atoms with E-state index in [9.17, 15) is 4.79 Å². The lowest BCUT2D eigenvalue weighted by molar-refractivity contribution is 0.458. The number of benzene rings is 1. The van der Waals surface area contributed by atoms with Gasteiger partial charge < -0.3 is 4.57 Å². The lowest BCUT2D eigenvalue weighted by atomic mass is 10.0. The topological polar surface area (TPSA) is 76.5 Å². The van der Waals surface area contributed by atoms with Crippen LogP contribution in [0.25, 0.3) is 33.8 Å². The monoisotopic (exact) mass is 345 g/mol. The van der Waals surface area contributed by atoms with Crippen molar-refractivity contribution in [2.24, 2.45) is 5.92 Å². The van der Waals surface area contributed by atoms with Crippen LogP contribution in [-0.4, -0.2) is 24.5 Å². The van der Waals surface area contributed by atoms with Crippen molar-refractivity contribution >= 4 is 10.9 Å². The van der Waals surface area contributed by atoms with Crippen LogP contribution < -0.4 is 5.69 Å². The SMILES string of the molecule is O=c1nc2n(CC3CCCC3)c(-c3cccc4ncccc34)cnc-2[nH]1. The zero-order valence-electron chi connectivity index (χ0n) is 14.4. The molecule has 6 nitrogen and oxygen atoms in total. The summed E-state index contributed by atoms with van der Waals surface area (Å²) in [5.41, 5.74) is 2.65. The molecule has 2 aromatic rings. The maximum Gasteiger partial charge on any atom is 0.348 e. The third kappa shape index (κ3) is 2.49. The molecule has 2 aliphatic heterocycles. The van der Waals surface area contributed by atoms with Crippen LogP contribution >= 0.6 is 0 Å². The zero-order chi connectivity index (χ0) is 17.5. The molecule has 1 aromatic carbocycles. The number of aromatic amines is 1. The smallest absolute Gasteiger partial charge is 0.321 e. The fraction of sp³-hybridized carbons (Fsp3) is 0.300. The standard InChI is InChI=1S/C20H19N5O/c26-20-23-18-19(24-20)25(12-13-5-1-2-6-13)17(11-22-18)15-7-3-9-16-14(15)8-4-10-21-16/h3-4,7-11,13H,1-2,5-6,12H2,(H,22,23,26). The Kier molecular flexibility index (Phi) is 3.55. The molecule has 0 atom stereocenters. The summed E-state index contributed by atoms with van der Waals surface area (Å²) in [5.74, 6) is 1.81. The van der Waals surface area contributed by atoms with Crippen molar-refractivity contribution in [2.75, 3.05) is 0 Å². The molecule has 1 N–H and O–H groups in total. The molecule has 0 unspecified atom stereocenters. The zero-order valence-corrected chi connectivity index (χ0v) is 14.4. The first kappa shape index (κ1) is 15.3. The van der Waals surface area contributed by atoms with E-state index >= 15 is 0 Å². The minimum absolute atomic E-state index is 0.343. The highest BCUT2D eigenvalue weighted by atomic mass is 16.1. The van der Waals surface area contributed by atoms with Crippen LogP contribution in [-0.2, 0) is 6.54 Å². The predicted molar refractivity (Wildman–Crippen MR) is 100.0 cm³/mol. The molecule has 0 bridgehead atoms. The summed E-state index contributed by atoms with van der Waals surface area (Å²) in [5, 5.41) is 1.08. The van der Waals surface area contributed by atoms with Crippen LogP contribution in [0.5, 0.6) is 0 Å². The second-order valence-electron chi connectivity index (χ2n) is 6.99. The summed E-state index contributed by atoms with van der Waals surface area (Å²) in [6.07, 6.45) is 8.65. The second kappa shape index (κ2) is 6.05. The Hall–Kier alpha value is -3.02. The highest BCUT2D eigenvalue weighted by Crippen LogP contribution is 2.33. The first-order valence-electron chi connectivity index (χ1n) is 9.09. The fourth-order valence-corrected chi connectivity index (χ4v) is 4.10. The average Bonchev–Trinajstić information content (AvgIpc) is 3.30. The summed E-state index contributed by atoms with van der Waals surface area (Å²) in [6, 6.07) is 10.1. The molecule has 0 spiro atoms. The van der Waals surface area contributed by atoms with Gasteiger partial charge in [-0.15, -0.1) is 0 Å². The van der Waals surface area contributed by atoms with E-state index in [0.717, 1.165) is 28.7 Å². The Bertz CT molecular complexity index is 1100. The maximum atomic E-state index is 11.8. The minimum Gasteiger partial charge on any atom is -0.321 e. The maximum absolute atomic E-state index is 11.8. The van der Waals surface area contributed by atoms with Crippen LogP contribution in [0.4, 0.5) is 0 Å². The molecule has 0 saturated heterocycles. The Morgan fingerprint density at radius 1 is 1.12 bits per heavy atom. The first-order chi connectivity index (χ1) is 12.8. The average molecular weight is 345 g/mol. The normalized spacial score (nSPS) is 15.2. The Balaban J connectivity index is 1.76. The van der Waals surface area contributed by atoms with Gasteiger partial charge in [-0.3, -0.25) is 9.97 Å². The molecule has 5 rings (SSSR count). The van der Waals surface area contributed by atoms with Gasteiger partial charge in [-0.2, -0.15) is 4.98 Å². The number of aromatic nitrogens is 5. The van der Waals surface area contributed by atoms with Gasteiger partial charge >= 0.3 is 5.69 Å². The highest BCUT2D eigenvalue weighted by molar-refractivity contribution is 5.93. The van der Waals surface area contributed by atoms with Gasteiger partial charge in [0.2, 0.25) is 0 Å². The van der Waals surface area contributed by atoms with E-state index < -0.39 is 0 Å². The fourth-order valence-electron chi connectivity index (χ4n) is 4.10. The molecule has 3 aliphatic rings. The third-order valence-electron chi connectivity index (χ3n) is 5.34. The largest absolute Gasteiger partial charge is 0.348 e. The second-order valence-corrected chi connectivity index (χ2v) is 6.99. The lowest BCUT2D eigenvalue weighted by Gasteiger charge is -2.20. The van der Waals surface area contributed by atoms with E-state index in [0.29, 0.717) is 17.6 Å². The number of fused-ring (bicyclic) bond motifs is 2. The Morgan fingerprint density at radius 3 is 2.88 bits per heavy atom. The lowest BCUT2D eigenvalue weighted by Crippen LogP contribution is -2.15. The molecule has 3 heterocycles. The van der Waals surface area contributed by atoms with E-state index in [1.165, 1.54) is 25.7 Å². The molecule has 0 radical (unpaired) electrons. The van der Waals surface area contributed by atoms with Gasteiger partial charge in [0, 0.05) is 23.7 Å². The van der Waals surface area contributed by atoms with E-state index in [2.05, 4.69) is 36.6 Å². The van der Waals surface area contributed by atoms with Crippen molar-refractivity contribution in [1.29, 1.82) is 0 Å². The van der Waals surface area contributed by atoms with Crippen molar-refractivity contribution in [3.8, 4) is 22.9 Å². The van der Waals surface area contributed by atoms with Crippen molar-refractivity contribution in [2.45, 2.75) is 32.2 Å². The molecule has 0 amide bonds. The molecular formula is C20H19N5O. The van der Waals surface area contributed by atoms with Gasteiger partial charge in [0.05, 0.1) is 17.4 Å². The van der Waals surface area contributed by atoms with Gasteiger partial charge in [-0.25, -0.2) is 9.78 Å². The van der Waals surface area contributed by atoms with Crippen molar-refractivity contribution in [3.05, 3.63) is 53.2 Å². The van der Waals surface area contributed by atoms with E-state index in [1.54, 1.807) is 6.20 Å². The third-order valence-corrected chi connectivity index (χ3v) is 5.34. The molecule has 130 valence electrons. The van der Waals surface area contributed by atoms with Crippen LogP contribution in [0, 0.1) is 5.92 Å². The summed E-state index contributed by atoms with van der Waals surface area (Å²) < 4.78 is 2.16. The number of rotatable bonds is 3. The summed E-state index contributed by atoms with van der Waals surface area (Å²) in [7, 11) is 0. The number of hydrogen-bond donors (Lipinski definition) is 1. The van der Waals surface area contributed by atoms with Crippen molar-refractivity contribution in [3.63, 3.8) is 0 Å². The van der Waals surface area contributed by atoms with Crippen LogP contribution in [0.3, 0.4) is 0 Å². The van der Waals surface area contributed by atoms with E-state index in [-0.39, 0.29) is 5.69 Å². The number of hydrogen-bond acceptors (Lipinski definition) is 4. The van der Waals surface area contributed by atoms with Gasteiger partial charge in [0.25, 0.3) is 0 Å². The van der Waals surface area contributed by atoms with Crippen LogP contribution in [0.15, 0.2) is 47.5 Å². The van der Waals surface area contributed by atoms with Gasteiger partial charge in [-0.05, 0) is 30.9 Å². The first-order valence-corrected chi connectivity index (χ1v) is 9.09. The molecule has 26 heavy (non-hydrogen) atoms. The minimum atomic E-state index is -0.343. The highest BCUT2D eigenvalue weighted by Gasteiger charge is 2.23. The van der Waals surface area contributed by atoms with Crippen LogP contribution in [0.1, 0.15) is 25.7 Å². The number of nitrogens with one attached hydrogen (secondary N) is 1. The van der Waals surface area contributed by atoms with Gasteiger partial charge in [-0.1, -0.05) is 31.0 Å². The molecule has 1 aromatic heterocycles. The molecule has 1 fully saturated rings. The molecular weight excluding hydrogens is 326 g/mol. The number of imidazole rings is 1. The molecule has 6 heteroatoms. The predicted octanol–water partition coefficient (Wildman–Crippen LogP) is 3.48. The van der Waals surface area contributed by atoms with E-state index in [1.807, 2.05) is 24.4 Å². The summed E-state index contributed by atoms with van der Waals surface area (Å²) >= 11 is 0. The Labute approximate surface area is 150 Å². The van der Waals surface area contributed by atoms with E-state index in [4.69, 9.17) is 0 Å². The number of pyridine rings is 1. The number of nitrogens with zero attached hydrogens (tertiary/aromatic N) is 4. The quantitative estimate of drug-likeness (QED) is 0.617. The Morgan fingerprint density at radius 2 is 2.00 bits per heavy atom. The molecule has 1 saturated carbocycles. The van der Waals surface area contributed by atoms with Gasteiger partial charge in [0.1, 0.15) is 0 Å². The van der Waals surface area contributed by atoms with Crippen LogP contribution in [0.2, 0.25) is 0 Å². The summed E-state index contributed by atoms with van der Waals surface area (Å²) in [6.45, 7) is 0.856. The number of H-pyrrole nitrogens is 1. The molecule has 1 aliphatic carbocycles. The van der Waals surface area contributed by atoms with Crippen molar-refractivity contribution in [1.82, 2.24) is 24.5 Å².